The van der Waals surface area contributed by atoms with Crippen LogP contribution in [0.3, 0.4) is 0 Å². The zero-order chi connectivity index (χ0) is 14.8. The van der Waals surface area contributed by atoms with Crippen molar-refractivity contribution in [2.75, 3.05) is 11.5 Å². The minimum atomic E-state index is 0.179. The van der Waals surface area contributed by atoms with Crippen LogP contribution in [-0.4, -0.2) is 4.98 Å². The SMILES string of the molecule is N#Cc1c(-c2ccco2)cc(-c2ccc(N)cc2)nc1N. The zero-order valence-electron chi connectivity index (χ0n) is 11.1. The van der Waals surface area contributed by atoms with Crippen LogP contribution in [-0.2, 0) is 0 Å². The number of nitrogen functional groups attached to an aromatic ring is 2. The molecule has 5 heteroatoms. The molecule has 0 aliphatic carbocycles. The standard InChI is InChI=1S/C16H12N4O/c17-9-13-12(15-2-1-7-21-15)8-14(20-16(13)19)10-3-5-11(18)6-4-10/h1-8H,18H2,(H2,19,20). The Hall–Kier alpha value is -3.26. The summed E-state index contributed by atoms with van der Waals surface area (Å²) in [5.41, 5.74) is 14.7. The van der Waals surface area contributed by atoms with Crippen molar-refractivity contribution in [3.63, 3.8) is 0 Å². The molecule has 0 aliphatic rings. The van der Waals surface area contributed by atoms with Crippen molar-refractivity contribution in [1.82, 2.24) is 4.98 Å². The molecule has 0 bridgehead atoms. The van der Waals surface area contributed by atoms with Gasteiger partial charge in [-0.3, -0.25) is 0 Å². The molecule has 0 aliphatic heterocycles. The maximum atomic E-state index is 9.27. The summed E-state index contributed by atoms with van der Waals surface area (Å²) < 4.78 is 5.37. The first-order valence-corrected chi connectivity index (χ1v) is 6.29. The predicted octanol–water partition coefficient (Wildman–Crippen LogP) is 3.04. The van der Waals surface area contributed by atoms with Gasteiger partial charge in [0.1, 0.15) is 23.2 Å². The topological polar surface area (TPSA) is 102 Å². The van der Waals surface area contributed by atoms with Gasteiger partial charge in [-0.15, -0.1) is 0 Å². The molecule has 0 fully saturated rings. The van der Waals surface area contributed by atoms with E-state index in [1.165, 1.54) is 0 Å². The molecule has 1 aromatic carbocycles. The number of nitrogens with two attached hydrogens (primary N) is 2. The van der Waals surface area contributed by atoms with Gasteiger partial charge < -0.3 is 15.9 Å². The van der Waals surface area contributed by atoms with Crippen LogP contribution in [0.25, 0.3) is 22.6 Å². The van der Waals surface area contributed by atoms with Gasteiger partial charge in [-0.1, -0.05) is 12.1 Å². The summed E-state index contributed by atoms with van der Waals surface area (Å²) in [7, 11) is 0. The van der Waals surface area contributed by atoms with Crippen LogP contribution in [0.2, 0.25) is 0 Å². The molecular weight excluding hydrogens is 264 g/mol. The lowest BCUT2D eigenvalue weighted by Gasteiger charge is -2.08. The monoisotopic (exact) mass is 276 g/mol. The number of nitriles is 1. The molecule has 0 radical (unpaired) electrons. The molecule has 0 saturated carbocycles. The molecule has 0 unspecified atom stereocenters. The average Bonchev–Trinajstić information content (AvgIpc) is 3.01. The molecule has 0 saturated heterocycles. The van der Waals surface area contributed by atoms with E-state index in [2.05, 4.69) is 11.1 Å². The number of anilines is 2. The summed E-state index contributed by atoms with van der Waals surface area (Å²) >= 11 is 0. The second-order valence-corrected chi connectivity index (χ2v) is 4.53. The highest BCUT2D eigenvalue weighted by Crippen LogP contribution is 2.31. The third-order valence-corrected chi connectivity index (χ3v) is 3.15. The van der Waals surface area contributed by atoms with Gasteiger partial charge in [-0.25, -0.2) is 4.98 Å². The molecule has 2 heterocycles. The smallest absolute Gasteiger partial charge is 0.142 e. The van der Waals surface area contributed by atoms with Crippen molar-refractivity contribution in [2.24, 2.45) is 0 Å². The second kappa shape index (κ2) is 5.02. The van der Waals surface area contributed by atoms with Gasteiger partial charge in [-0.05, 0) is 30.3 Å². The Kier molecular flexibility index (Phi) is 3.05. The highest BCUT2D eigenvalue weighted by Gasteiger charge is 2.14. The summed E-state index contributed by atoms with van der Waals surface area (Å²) in [4.78, 5) is 4.29. The highest BCUT2D eigenvalue weighted by molar-refractivity contribution is 5.78. The van der Waals surface area contributed by atoms with E-state index in [9.17, 15) is 5.26 Å². The highest BCUT2D eigenvalue weighted by atomic mass is 16.3. The minimum absolute atomic E-state index is 0.179. The van der Waals surface area contributed by atoms with E-state index in [1.807, 2.05) is 12.1 Å². The fourth-order valence-corrected chi connectivity index (χ4v) is 2.11. The van der Waals surface area contributed by atoms with Gasteiger partial charge in [-0.2, -0.15) is 5.26 Å². The van der Waals surface area contributed by atoms with E-state index in [0.29, 0.717) is 28.3 Å². The summed E-state index contributed by atoms with van der Waals surface area (Å²) in [6.07, 6.45) is 1.55. The number of rotatable bonds is 2. The Morgan fingerprint density at radius 1 is 1.10 bits per heavy atom. The lowest BCUT2D eigenvalue weighted by atomic mass is 10.0. The van der Waals surface area contributed by atoms with Crippen LogP contribution in [0, 0.1) is 11.3 Å². The van der Waals surface area contributed by atoms with Crippen molar-refractivity contribution in [2.45, 2.75) is 0 Å². The summed E-state index contributed by atoms with van der Waals surface area (Å²) in [6.45, 7) is 0. The number of hydrogen-bond acceptors (Lipinski definition) is 5. The average molecular weight is 276 g/mol. The summed E-state index contributed by atoms with van der Waals surface area (Å²) in [6, 6.07) is 14.7. The van der Waals surface area contributed by atoms with E-state index >= 15 is 0 Å². The maximum Gasteiger partial charge on any atom is 0.142 e. The molecule has 3 aromatic rings. The van der Waals surface area contributed by atoms with E-state index in [4.69, 9.17) is 15.9 Å². The van der Waals surface area contributed by atoms with Crippen LogP contribution in [0.15, 0.2) is 53.1 Å². The molecule has 21 heavy (non-hydrogen) atoms. The minimum Gasteiger partial charge on any atom is -0.464 e. The summed E-state index contributed by atoms with van der Waals surface area (Å²) in [5, 5.41) is 9.27. The molecule has 2 aromatic heterocycles. The predicted molar refractivity (Wildman–Crippen MR) is 80.9 cm³/mol. The van der Waals surface area contributed by atoms with E-state index < -0.39 is 0 Å². The van der Waals surface area contributed by atoms with Crippen molar-refractivity contribution in [3.05, 3.63) is 54.3 Å². The van der Waals surface area contributed by atoms with Crippen molar-refractivity contribution < 1.29 is 4.42 Å². The molecule has 5 nitrogen and oxygen atoms in total. The molecule has 4 N–H and O–H groups in total. The lowest BCUT2D eigenvalue weighted by molar-refractivity contribution is 0.582. The molecule has 0 atom stereocenters. The molecular formula is C16H12N4O. The van der Waals surface area contributed by atoms with Gasteiger partial charge >= 0.3 is 0 Å². The van der Waals surface area contributed by atoms with Crippen LogP contribution in [0.1, 0.15) is 5.56 Å². The normalized spacial score (nSPS) is 10.2. The van der Waals surface area contributed by atoms with Gasteiger partial charge in [0.2, 0.25) is 0 Å². The van der Waals surface area contributed by atoms with Crippen LogP contribution < -0.4 is 11.5 Å². The van der Waals surface area contributed by atoms with Crippen molar-refractivity contribution in [1.29, 1.82) is 5.26 Å². The van der Waals surface area contributed by atoms with Gasteiger partial charge in [0, 0.05) is 16.8 Å². The first kappa shape index (κ1) is 12.8. The van der Waals surface area contributed by atoms with Crippen molar-refractivity contribution >= 4 is 11.5 Å². The Bertz CT molecular complexity index is 815. The Morgan fingerprint density at radius 3 is 2.48 bits per heavy atom. The first-order chi connectivity index (χ1) is 10.2. The van der Waals surface area contributed by atoms with E-state index in [1.54, 1.807) is 36.6 Å². The lowest BCUT2D eigenvalue weighted by Crippen LogP contribution is -1.99. The third-order valence-electron chi connectivity index (χ3n) is 3.15. The Balaban J connectivity index is 2.21. The van der Waals surface area contributed by atoms with Crippen LogP contribution >= 0.6 is 0 Å². The van der Waals surface area contributed by atoms with E-state index in [-0.39, 0.29) is 5.82 Å². The van der Waals surface area contributed by atoms with Crippen molar-refractivity contribution in [3.8, 4) is 28.7 Å². The molecule has 0 spiro atoms. The van der Waals surface area contributed by atoms with Gasteiger partial charge in [0.05, 0.1) is 12.0 Å². The molecule has 102 valence electrons. The largest absolute Gasteiger partial charge is 0.464 e. The molecule has 3 rings (SSSR count). The van der Waals surface area contributed by atoms with E-state index in [0.717, 1.165) is 5.56 Å². The Labute approximate surface area is 121 Å². The van der Waals surface area contributed by atoms with Crippen LogP contribution in [0.5, 0.6) is 0 Å². The fraction of sp³-hybridized carbons (Fsp3) is 0. The maximum absolute atomic E-state index is 9.27. The number of pyridine rings is 1. The van der Waals surface area contributed by atoms with Crippen LogP contribution in [0.4, 0.5) is 11.5 Å². The quantitative estimate of drug-likeness (QED) is 0.700. The summed E-state index contributed by atoms with van der Waals surface area (Å²) in [5.74, 6) is 0.760. The number of aromatic nitrogens is 1. The first-order valence-electron chi connectivity index (χ1n) is 6.29. The number of hydrogen-bond donors (Lipinski definition) is 2. The van der Waals surface area contributed by atoms with Gasteiger partial charge in [0.25, 0.3) is 0 Å². The Morgan fingerprint density at radius 2 is 1.86 bits per heavy atom. The van der Waals surface area contributed by atoms with Gasteiger partial charge in [0.15, 0.2) is 0 Å². The number of benzene rings is 1. The molecule has 0 amide bonds. The third kappa shape index (κ3) is 2.30. The zero-order valence-corrected chi connectivity index (χ0v) is 11.1. The number of nitrogens with zero attached hydrogens (tertiary/aromatic N) is 2. The number of furan rings is 1. The second-order valence-electron chi connectivity index (χ2n) is 4.53. The fourth-order valence-electron chi connectivity index (χ4n) is 2.11.